The average Bonchev–Trinajstić information content (AvgIpc) is 3.63. The van der Waals surface area contributed by atoms with Crippen LogP contribution in [0, 0.1) is 12.8 Å². The van der Waals surface area contributed by atoms with Crippen LogP contribution in [0.25, 0.3) is 33.5 Å². The van der Waals surface area contributed by atoms with Gasteiger partial charge in [-0.15, -0.1) is 0 Å². The molecule has 15 heteroatoms. The number of nitrogens with one attached hydrogen (secondary N) is 3. The first-order valence-electron chi connectivity index (χ1n) is 22.2. The number of hydrogen-bond donors (Lipinski definition) is 3. The van der Waals surface area contributed by atoms with E-state index < -0.39 is 0 Å². The summed E-state index contributed by atoms with van der Waals surface area (Å²) in [4.78, 5) is 63.1. The number of H-pyrrole nitrogens is 1. The first-order valence-corrected chi connectivity index (χ1v) is 22.2. The molecule has 324 valence electrons. The predicted molar refractivity (Wildman–Crippen MR) is 242 cm³/mol. The molecule has 0 unspecified atom stereocenters. The van der Waals surface area contributed by atoms with Crippen LogP contribution in [-0.2, 0) is 10.2 Å². The Morgan fingerprint density at radius 1 is 0.857 bits per heavy atom. The van der Waals surface area contributed by atoms with Gasteiger partial charge >= 0.3 is 6.03 Å². The number of aryl methyl sites for hydroxylation is 1. The summed E-state index contributed by atoms with van der Waals surface area (Å²) in [6.45, 7) is 13.8. The van der Waals surface area contributed by atoms with Gasteiger partial charge in [0.15, 0.2) is 0 Å². The molecule has 3 aromatic carbocycles. The third-order valence-electron chi connectivity index (χ3n) is 13.6. The summed E-state index contributed by atoms with van der Waals surface area (Å²) in [7, 11) is 0. The molecule has 15 nitrogen and oxygen atoms in total. The zero-order chi connectivity index (χ0) is 43.2. The van der Waals surface area contributed by atoms with Gasteiger partial charge in [0.2, 0.25) is 11.8 Å². The number of nitrogens with zero attached hydrogens (tertiary/aromatic N) is 8. The fraction of sp³-hybridized carbons (Fsp3) is 0.396. The van der Waals surface area contributed by atoms with E-state index in [-0.39, 0.29) is 35.1 Å². The number of fused-ring (bicyclic) bond motifs is 1. The van der Waals surface area contributed by atoms with Crippen molar-refractivity contribution in [2.45, 2.75) is 64.3 Å². The maximum atomic E-state index is 13.0. The molecule has 3 saturated heterocycles. The van der Waals surface area contributed by atoms with Crippen LogP contribution in [0.5, 0.6) is 0 Å². The first-order chi connectivity index (χ1) is 30.6. The van der Waals surface area contributed by atoms with Crippen LogP contribution in [0.1, 0.15) is 79.6 Å². The number of aromatic nitrogens is 5. The smallest absolute Gasteiger partial charge is 0.328 e. The van der Waals surface area contributed by atoms with Gasteiger partial charge in [-0.1, -0.05) is 36.3 Å². The first kappa shape index (κ1) is 40.5. The lowest BCUT2D eigenvalue weighted by Crippen LogP contribution is -2.49. The summed E-state index contributed by atoms with van der Waals surface area (Å²) >= 11 is 0. The van der Waals surface area contributed by atoms with Crippen molar-refractivity contribution in [2.24, 2.45) is 5.92 Å². The summed E-state index contributed by atoms with van der Waals surface area (Å²) in [6, 6.07) is 24.7. The zero-order valence-electron chi connectivity index (χ0n) is 36.1. The Morgan fingerprint density at radius 3 is 2.24 bits per heavy atom. The maximum absolute atomic E-state index is 13.0. The third-order valence-corrected chi connectivity index (χ3v) is 13.6. The van der Waals surface area contributed by atoms with Gasteiger partial charge < -0.3 is 24.6 Å². The Bertz CT molecular complexity index is 2650. The number of rotatable bonds is 11. The number of carbonyl (C=O) groups is 3. The fourth-order valence-corrected chi connectivity index (χ4v) is 9.37. The molecule has 3 aliphatic heterocycles. The summed E-state index contributed by atoms with van der Waals surface area (Å²) in [5, 5.41) is 10.3. The molecule has 3 aromatic heterocycles. The number of carbonyl (C=O) groups excluding carboxylic acids is 3. The molecule has 4 amide bonds. The van der Waals surface area contributed by atoms with Crippen molar-refractivity contribution < 1.29 is 18.9 Å². The molecule has 63 heavy (non-hydrogen) atoms. The molecule has 6 heterocycles. The normalized spacial score (nSPS) is 18.7. The van der Waals surface area contributed by atoms with Crippen LogP contribution in [0.15, 0.2) is 83.6 Å². The van der Waals surface area contributed by atoms with Crippen LogP contribution in [0.2, 0.25) is 0 Å². The lowest BCUT2D eigenvalue weighted by atomic mass is 9.95. The van der Waals surface area contributed by atoms with E-state index in [9.17, 15) is 14.4 Å². The van der Waals surface area contributed by atoms with Crippen LogP contribution < -0.4 is 25.3 Å². The van der Waals surface area contributed by atoms with Crippen LogP contribution in [0.3, 0.4) is 0 Å². The van der Waals surface area contributed by atoms with Gasteiger partial charge in [-0.05, 0) is 111 Å². The summed E-state index contributed by atoms with van der Waals surface area (Å²) in [5.74, 6) is 0.706. The number of anilines is 3. The van der Waals surface area contributed by atoms with Crippen molar-refractivity contribution in [2.75, 3.05) is 67.1 Å². The van der Waals surface area contributed by atoms with E-state index in [2.05, 4.69) is 101 Å². The number of piperidine rings is 1. The highest BCUT2D eigenvalue weighted by Gasteiger charge is 2.45. The number of aromatic amines is 1. The van der Waals surface area contributed by atoms with Crippen molar-refractivity contribution >= 4 is 45.9 Å². The molecule has 3 N–H and O–H groups in total. The van der Waals surface area contributed by atoms with Gasteiger partial charge in [-0.25, -0.2) is 14.8 Å². The van der Waals surface area contributed by atoms with Crippen molar-refractivity contribution in [3.05, 3.63) is 102 Å². The summed E-state index contributed by atoms with van der Waals surface area (Å²) in [5.41, 5.74) is 9.85. The standard InChI is InChI=1S/C48H53N11O4/c1-30-26-34(6-13-38(30)31(2)51-45(61)44-54-46(63-55-44)48(3)17-18-48)42-39-27-40(52-43(39)50-29-49-42)33-4-7-35(8-5-33)58-24-22-56(23-25-58)28-32-14-19-57(20-15-32)36-9-11-37(12-10-36)59-21-16-41(60)53-47(59)62/h4-13,26-27,29,31-32H,14-25,28H2,1-3H3,(H,51,61)(H,49,50,52)(H,53,60,62)/t31-/m1/s1. The number of benzene rings is 3. The molecular formula is C48H53N11O4. The predicted octanol–water partition coefficient (Wildman–Crippen LogP) is 7.01. The van der Waals surface area contributed by atoms with Gasteiger partial charge in [0.25, 0.3) is 11.7 Å². The van der Waals surface area contributed by atoms with E-state index >= 15 is 0 Å². The zero-order valence-corrected chi connectivity index (χ0v) is 36.1. The molecule has 1 saturated carbocycles. The van der Waals surface area contributed by atoms with E-state index in [1.807, 2.05) is 38.1 Å². The molecule has 0 spiro atoms. The highest BCUT2D eigenvalue weighted by Crippen LogP contribution is 2.46. The van der Waals surface area contributed by atoms with Gasteiger partial charge in [-0.3, -0.25) is 24.7 Å². The summed E-state index contributed by atoms with van der Waals surface area (Å²) < 4.78 is 5.38. The minimum atomic E-state index is -0.354. The fourth-order valence-electron chi connectivity index (χ4n) is 9.37. The Hall–Kier alpha value is -6.61. The molecule has 1 aliphatic carbocycles. The van der Waals surface area contributed by atoms with Gasteiger partial charge in [-0.2, -0.15) is 4.98 Å². The van der Waals surface area contributed by atoms with E-state index in [0.717, 1.165) is 122 Å². The molecule has 10 rings (SSSR count). The number of piperazine rings is 1. The van der Waals surface area contributed by atoms with Crippen LogP contribution >= 0.6 is 0 Å². The third kappa shape index (κ3) is 8.36. The molecule has 4 fully saturated rings. The Kier molecular flexibility index (Phi) is 10.7. The van der Waals surface area contributed by atoms with E-state index in [4.69, 9.17) is 9.51 Å². The lowest BCUT2D eigenvalue weighted by Gasteiger charge is -2.40. The van der Waals surface area contributed by atoms with Crippen LogP contribution in [-0.4, -0.2) is 100 Å². The molecule has 6 aromatic rings. The van der Waals surface area contributed by atoms with E-state index in [1.54, 1.807) is 11.2 Å². The van der Waals surface area contributed by atoms with E-state index in [0.29, 0.717) is 24.8 Å². The van der Waals surface area contributed by atoms with Crippen molar-refractivity contribution in [1.29, 1.82) is 0 Å². The molecular weight excluding hydrogens is 795 g/mol. The second kappa shape index (κ2) is 16.6. The highest BCUT2D eigenvalue weighted by molar-refractivity contribution is 6.05. The largest absolute Gasteiger partial charge is 0.372 e. The average molecular weight is 848 g/mol. The minimum Gasteiger partial charge on any atom is -0.372 e. The maximum Gasteiger partial charge on any atom is 0.328 e. The quantitative estimate of drug-likeness (QED) is 0.123. The molecule has 1 atom stereocenters. The molecule has 0 radical (unpaired) electrons. The Balaban J connectivity index is 0.715. The molecule has 4 aliphatic rings. The van der Waals surface area contributed by atoms with E-state index in [1.165, 1.54) is 11.4 Å². The SMILES string of the molecule is Cc1cc(-c2ncnc3[nH]c(-c4ccc(N5CCN(CC6CCN(c7ccc(N8CCC(=O)NC8=O)cc7)CC6)CC5)cc4)cc23)ccc1[C@@H](C)NC(=O)c1noc(C2(C)CC2)n1. The number of hydrogen-bond acceptors (Lipinski definition) is 11. The number of urea groups is 1. The van der Waals surface area contributed by atoms with Gasteiger partial charge in [0, 0.05) is 97.9 Å². The van der Waals surface area contributed by atoms with Gasteiger partial charge in [0.05, 0.1) is 11.7 Å². The number of amides is 4. The number of imide groups is 1. The minimum absolute atomic E-state index is 0.0640. The highest BCUT2D eigenvalue weighted by atomic mass is 16.5. The molecule has 0 bridgehead atoms. The lowest BCUT2D eigenvalue weighted by molar-refractivity contribution is -0.120. The van der Waals surface area contributed by atoms with Crippen LogP contribution in [0.4, 0.5) is 21.9 Å². The van der Waals surface area contributed by atoms with Crippen molar-refractivity contribution in [3.8, 4) is 22.5 Å². The van der Waals surface area contributed by atoms with Gasteiger partial charge in [0.1, 0.15) is 12.0 Å². The Morgan fingerprint density at radius 2 is 1.54 bits per heavy atom. The Labute approximate surface area is 366 Å². The second-order valence-electron chi connectivity index (χ2n) is 18.0. The monoisotopic (exact) mass is 847 g/mol. The van der Waals surface area contributed by atoms with Crippen molar-refractivity contribution in [1.82, 2.24) is 40.6 Å². The van der Waals surface area contributed by atoms with Crippen molar-refractivity contribution in [3.63, 3.8) is 0 Å². The second-order valence-corrected chi connectivity index (χ2v) is 18.0. The summed E-state index contributed by atoms with van der Waals surface area (Å²) in [6.07, 6.45) is 6.24. The topological polar surface area (TPSA) is 169 Å².